The van der Waals surface area contributed by atoms with Crippen molar-refractivity contribution in [3.05, 3.63) is 46.4 Å². The molecule has 0 radical (unpaired) electrons. The van der Waals surface area contributed by atoms with Crippen LogP contribution in [0.4, 0.5) is 0 Å². The molecule has 2 heterocycles. The SMILES string of the molecule is CCOc1cccc(CN(Cc2nccs2)[C@H]2CC23CCNCC3)c1. The van der Waals surface area contributed by atoms with Crippen LogP contribution in [0.1, 0.15) is 36.8 Å². The Balaban J connectivity index is 1.50. The van der Waals surface area contributed by atoms with Crippen molar-refractivity contribution in [2.75, 3.05) is 19.7 Å². The molecule has 0 amide bonds. The average molecular weight is 358 g/mol. The third kappa shape index (κ3) is 3.89. The van der Waals surface area contributed by atoms with Crippen LogP contribution < -0.4 is 10.1 Å². The number of nitrogens with zero attached hydrogens (tertiary/aromatic N) is 2. The molecule has 134 valence electrons. The number of benzene rings is 1. The summed E-state index contributed by atoms with van der Waals surface area (Å²) in [6, 6.07) is 9.25. The molecular weight excluding hydrogens is 330 g/mol. The summed E-state index contributed by atoms with van der Waals surface area (Å²) in [6.45, 7) is 7.01. The Bertz CT molecular complexity index is 682. The molecule has 1 atom stereocenters. The summed E-state index contributed by atoms with van der Waals surface area (Å²) >= 11 is 1.76. The van der Waals surface area contributed by atoms with E-state index in [1.54, 1.807) is 11.3 Å². The number of hydrogen-bond donors (Lipinski definition) is 1. The maximum atomic E-state index is 5.68. The van der Waals surface area contributed by atoms with Crippen LogP contribution >= 0.6 is 11.3 Å². The van der Waals surface area contributed by atoms with Gasteiger partial charge < -0.3 is 10.1 Å². The second kappa shape index (κ2) is 7.44. The van der Waals surface area contributed by atoms with Crippen molar-refractivity contribution in [2.45, 2.75) is 45.3 Å². The van der Waals surface area contributed by atoms with Crippen molar-refractivity contribution in [2.24, 2.45) is 5.41 Å². The molecule has 1 N–H and O–H groups in total. The Morgan fingerprint density at radius 2 is 2.20 bits per heavy atom. The number of aromatic nitrogens is 1. The zero-order valence-corrected chi connectivity index (χ0v) is 15.7. The first-order valence-corrected chi connectivity index (χ1v) is 10.2. The third-order valence-corrected chi connectivity index (χ3v) is 6.37. The first-order chi connectivity index (χ1) is 12.3. The Labute approximate surface area is 154 Å². The van der Waals surface area contributed by atoms with Gasteiger partial charge in [-0.15, -0.1) is 11.3 Å². The predicted octanol–water partition coefficient (Wildman–Crippen LogP) is 3.69. The minimum absolute atomic E-state index is 0.542. The molecule has 1 spiro atoms. The van der Waals surface area contributed by atoms with Gasteiger partial charge in [0.05, 0.1) is 13.2 Å². The van der Waals surface area contributed by atoms with E-state index in [2.05, 4.69) is 38.8 Å². The van der Waals surface area contributed by atoms with Gasteiger partial charge in [0.1, 0.15) is 10.8 Å². The van der Waals surface area contributed by atoms with Crippen LogP contribution in [0.2, 0.25) is 0 Å². The monoisotopic (exact) mass is 357 g/mol. The minimum atomic E-state index is 0.542. The average Bonchev–Trinajstić information content (AvgIpc) is 3.05. The van der Waals surface area contributed by atoms with Gasteiger partial charge in [0, 0.05) is 24.2 Å². The summed E-state index contributed by atoms with van der Waals surface area (Å²) in [6.07, 6.45) is 5.88. The Kier molecular flexibility index (Phi) is 5.06. The highest BCUT2D eigenvalue weighted by molar-refractivity contribution is 7.09. The van der Waals surface area contributed by atoms with Crippen molar-refractivity contribution in [3.8, 4) is 5.75 Å². The second-order valence-electron chi connectivity index (χ2n) is 7.24. The number of piperidine rings is 1. The first-order valence-electron chi connectivity index (χ1n) is 9.34. The maximum Gasteiger partial charge on any atom is 0.119 e. The fraction of sp³-hybridized carbons (Fsp3) is 0.550. The van der Waals surface area contributed by atoms with Crippen molar-refractivity contribution in [1.82, 2.24) is 15.2 Å². The molecule has 1 aliphatic carbocycles. The molecule has 4 nitrogen and oxygen atoms in total. The summed E-state index contributed by atoms with van der Waals surface area (Å²) < 4.78 is 5.68. The van der Waals surface area contributed by atoms with E-state index >= 15 is 0 Å². The van der Waals surface area contributed by atoms with Crippen LogP contribution in [0.3, 0.4) is 0 Å². The molecule has 25 heavy (non-hydrogen) atoms. The fourth-order valence-electron chi connectivity index (χ4n) is 4.22. The van der Waals surface area contributed by atoms with E-state index in [4.69, 9.17) is 4.74 Å². The first kappa shape index (κ1) is 17.0. The molecule has 1 aliphatic heterocycles. The largest absolute Gasteiger partial charge is 0.494 e. The molecular formula is C20H27N3OS. The van der Waals surface area contributed by atoms with Gasteiger partial charge in [-0.1, -0.05) is 12.1 Å². The lowest BCUT2D eigenvalue weighted by molar-refractivity contribution is 0.187. The zero-order chi connectivity index (χ0) is 17.1. The number of thiazole rings is 1. The van der Waals surface area contributed by atoms with Gasteiger partial charge in [-0.3, -0.25) is 4.90 Å². The lowest BCUT2D eigenvalue weighted by Gasteiger charge is -2.29. The van der Waals surface area contributed by atoms with Gasteiger partial charge in [-0.25, -0.2) is 4.98 Å². The van der Waals surface area contributed by atoms with E-state index in [-0.39, 0.29) is 0 Å². The maximum absolute atomic E-state index is 5.68. The highest BCUT2D eigenvalue weighted by atomic mass is 32.1. The third-order valence-electron chi connectivity index (χ3n) is 5.60. The normalized spacial score (nSPS) is 21.6. The summed E-state index contributed by atoms with van der Waals surface area (Å²) in [5, 5.41) is 6.81. The van der Waals surface area contributed by atoms with Crippen LogP contribution in [-0.4, -0.2) is 35.6 Å². The Morgan fingerprint density at radius 1 is 1.32 bits per heavy atom. The van der Waals surface area contributed by atoms with Crippen LogP contribution in [-0.2, 0) is 13.1 Å². The smallest absolute Gasteiger partial charge is 0.119 e. The quantitative estimate of drug-likeness (QED) is 0.820. The van der Waals surface area contributed by atoms with Crippen molar-refractivity contribution < 1.29 is 4.74 Å². The number of hydrogen-bond acceptors (Lipinski definition) is 5. The highest BCUT2D eigenvalue weighted by Gasteiger charge is 2.56. The number of rotatable bonds is 7. The summed E-state index contributed by atoms with van der Waals surface area (Å²) in [5.41, 5.74) is 1.87. The summed E-state index contributed by atoms with van der Waals surface area (Å²) in [4.78, 5) is 7.18. The molecule has 0 unspecified atom stereocenters. The molecule has 4 rings (SSSR count). The molecule has 2 aromatic rings. The van der Waals surface area contributed by atoms with Crippen LogP contribution in [0.25, 0.3) is 0 Å². The molecule has 1 aromatic heterocycles. The van der Waals surface area contributed by atoms with Crippen LogP contribution in [0.15, 0.2) is 35.8 Å². The van der Waals surface area contributed by atoms with E-state index in [1.807, 2.05) is 19.2 Å². The van der Waals surface area contributed by atoms with Gasteiger partial charge in [-0.2, -0.15) is 0 Å². The topological polar surface area (TPSA) is 37.4 Å². The summed E-state index contributed by atoms with van der Waals surface area (Å²) in [7, 11) is 0. The van der Waals surface area contributed by atoms with Crippen molar-refractivity contribution in [3.63, 3.8) is 0 Å². The van der Waals surface area contributed by atoms with Gasteiger partial charge in [-0.05, 0) is 62.4 Å². The van der Waals surface area contributed by atoms with E-state index in [0.29, 0.717) is 18.1 Å². The predicted molar refractivity (Wildman–Crippen MR) is 102 cm³/mol. The standard InChI is InChI=1S/C20H27N3OS/c1-2-24-17-5-3-4-16(12-17)14-23(15-19-22-10-11-25-19)18-13-20(18)6-8-21-9-7-20/h3-5,10-12,18,21H,2,6-9,13-15H2,1H3/t18-/m0/s1. The number of nitrogens with one attached hydrogen (secondary N) is 1. The van der Waals surface area contributed by atoms with Gasteiger partial charge >= 0.3 is 0 Å². The second-order valence-corrected chi connectivity index (χ2v) is 8.22. The molecule has 1 saturated carbocycles. The van der Waals surface area contributed by atoms with Crippen LogP contribution in [0, 0.1) is 5.41 Å². The van der Waals surface area contributed by atoms with E-state index < -0.39 is 0 Å². The molecule has 2 fully saturated rings. The highest BCUT2D eigenvalue weighted by Crippen LogP contribution is 2.56. The lowest BCUT2D eigenvalue weighted by Crippen LogP contribution is -2.35. The molecule has 2 aliphatic rings. The van der Waals surface area contributed by atoms with Gasteiger partial charge in [0.25, 0.3) is 0 Å². The molecule has 0 bridgehead atoms. The van der Waals surface area contributed by atoms with Crippen LogP contribution in [0.5, 0.6) is 5.75 Å². The van der Waals surface area contributed by atoms with E-state index in [1.165, 1.54) is 42.9 Å². The Hall–Kier alpha value is -1.43. The Morgan fingerprint density at radius 3 is 2.96 bits per heavy atom. The van der Waals surface area contributed by atoms with Crippen molar-refractivity contribution >= 4 is 11.3 Å². The van der Waals surface area contributed by atoms with E-state index in [0.717, 1.165) is 18.8 Å². The summed E-state index contributed by atoms with van der Waals surface area (Å²) in [5.74, 6) is 0.974. The number of ether oxygens (including phenoxy) is 1. The fourth-order valence-corrected chi connectivity index (χ4v) is 4.86. The molecule has 1 aromatic carbocycles. The lowest BCUT2D eigenvalue weighted by atomic mass is 9.93. The van der Waals surface area contributed by atoms with Gasteiger partial charge in [0.2, 0.25) is 0 Å². The van der Waals surface area contributed by atoms with E-state index in [9.17, 15) is 0 Å². The minimum Gasteiger partial charge on any atom is -0.494 e. The van der Waals surface area contributed by atoms with Crippen molar-refractivity contribution in [1.29, 1.82) is 0 Å². The zero-order valence-electron chi connectivity index (χ0n) is 14.9. The van der Waals surface area contributed by atoms with Gasteiger partial charge in [0.15, 0.2) is 0 Å². The molecule has 1 saturated heterocycles. The molecule has 5 heteroatoms.